The Hall–Kier alpha value is -2.49. The van der Waals surface area contributed by atoms with Gasteiger partial charge in [0.1, 0.15) is 11.5 Å². The second-order valence-electron chi connectivity index (χ2n) is 5.57. The van der Waals surface area contributed by atoms with Crippen LogP contribution in [-0.4, -0.2) is 19.6 Å². The number of aryl methyl sites for hydroxylation is 2. The van der Waals surface area contributed by atoms with Crippen molar-refractivity contribution in [2.45, 2.75) is 26.8 Å². The number of hydrogen-bond acceptors (Lipinski definition) is 3. The van der Waals surface area contributed by atoms with Crippen molar-refractivity contribution >= 4 is 5.91 Å². The first-order chi connectivity index (χ1) is 11.0. The molecular weight excluding hydrogens is 290 g/mol. The first-order valence-electron chi connectivity index (χ1n) is 7.63. The molecule has 122 valence electrons. The van der Waals surface area contributed by atoms with Crippen LogP contribution >= 0.6 is 0 Å². The van der Waals surface area contributed by atoms with E-state index >= 15 is 0 Å². The SMILES string of the molecule is COc1ccc([C@@H](C)NC(=O)COc2c(C)cccc2C)cc1. The minimum absolute atomic E-state index is 0.00614. The van der Waals surface area contributed by atoms with Gasteiger partial charge in [0.2, 0.25) is 0 Å². The molecule has 0 radical (unpaired) electrons. The fraction of sp³-hybridized carbons (Fsp3) is 0.316. The molecular formula is C19H23NO3. The van der Waals surface area contributed by atoms with Crippen molar-refractivity contribution in [3.05, 3.63) is 59.2 Å². The zero-order chi connectivity index (χ0) is 16.8. The van der Waals surface area contributed by atoms with Crippen LogP contribution in [0.3, 0.4) is 0 Å². The maximum atomic E-state index is 12.1. The monoisotopic (exact) mass is 313 g/mol. The van der Waals surface area contributed by atoms with Crippen LogP contribution in [0.25, 0.3) is 0 Å². The molecule has 2 aromatic rings. The molecule has 0 aliphatic rings. The number of ether oxygens (including phenoxy) is 2. The molecule has 2 aromatic carbocycles. The van der Waals surface area contributed by atoms with Crippen LogP contribution in [0.1, 0.15) is 29.7 Å². The largest absolute Gasteiger partial charge is 0.497 e. The highest BCUT2D eigenvalue weighted by Gasteiger charge is 2.11. The van der Waals surface area contributed by atoms with E-state index < -0.39 is 0 Å². The zero-order valence-electron chi connectivity index (χ0n) is 14.1. The van der Waals surface area contributed by atoms with Crippen LogP contribution in [0.4, 0.5) is 0 Å². The number of para-hydroxylation sites is 1. The maximum Gasteiger partial charge on any atom is 0.258 e. The molecule has 4 heteroatoms. The number of carbonyl (C=O) groups is 1. The molecule has 1 amide bonds. The summed E-state index contributed by atoms with van der Waals surface area (Å²) in [6.45, 7) is 5.89. The molecule has 0 heterocycles. The summed E-state index contributed by atoms with van der Waals surface area (Å²) in [7, 11) is 1.63. The van der Waals surface area contributed by atoms with Crippen molar-refractivity contribution in [3.8, 4) is 11.5 Å². The first kappa shape index (κ1) is 16.9. The van der Waals surface area contributed by atoms with Crippen molar-refractivity contribution in [1.82, 2.24) is 5.32 Å². The van der Waals surface area contributed by atoms with Gasteiger partial charge in [0.05, 0.1) is 13.2 Å². The number of rotatable bonds is 6. The average molecular weight is 313 g/mol. The summed E-state index contributed by atoms with van der Waals surface area (Å²) in [5.74, 6) is 1.43. The van der Waals surface area contributed by atoms with Crippen molar-refractivity contribution < 1.29 is 14.3 Å². The third kappa shape index (κ3) is 4.49. The Bertz CT molecular complexity index is 645. The zero-order valence-corrected chi connectivity index (χ0v) is 14.1. The lowest BCUT2D eigenvalue weighted by Gasteiger charge is -2.16. The van der Waals surface area contributed by atoms with Gasteiger partial charge in [-0.3, -0.25) is 4.79 Å². The molecule has 0 aromatic heterocycles. The normalized spacial score (nSPS) is 11.7. The highest BCUT2D eigenvalue weighted by Crippen LogP contribution is 2.22. The Morgan fingerprint density at radius 1 is 1.09 bits per heavy atom. The fourth-order valence-corrected chi connectivity index (χ4v) is 2.42. The quantitative estimate of drug-likeness (QED) is 0.887. The minimum atomic E-state index is -0.143. The topological polar surface area (TPSA) is 47.6 Å². The van der Waals surface area contributed by atoms with E-state index in [2.05, 4.69) is 5.32 Å². The number of amides is 1. The lowest BCUT2D eigenvalue weighted by Crippen LogP contribution is -2.31. The van der Waals surface area contributed by atoms with Gasteiger partial charge in [-0.15, -0.1) is 0 Å². The highest BCUT2D eigenvalue weighted by atomic mass is 16.5. The molecule has 0 spiro atoms. The van der Waals surface area contributed by atoms with Gasteiger partial charge in [-0.05, 0) is 49.6 Å². The molecule has 0 fully saturated rings. The van der Waals surface area contributed by atoms with Crippen LogP contribution < -0.4 is 14.8 Å². The Labute approximate surface area is 137 Å². The first-order valence-corrected chi connectivity index (χ1v) is 7.63. The van der Waals surface area contributed by atoms with Gasteiger partial charge in [0.25, 0.3) is 5.91 Å². The summed E-state index contributed by atoms with van der Waals surface area (Å²) in [6, 6.07) is 13.5. The second-order valence-corrected chi connectivity index (χ2v) is 5.57. The van der Waals surface area contributed by atoms with Crippen LogP contribution in [0.2, 0.25) is 0 Å². The maximum absolute atomic E-state index is 12.1. The Kier molecular flexibility index (Phi) is 5.63. The summed E-state index contributed by atoms with van der Waals surface area (Å²) in [5.41, 5.74) is 3.08. The lowest BCUT2D eigenvalue weighted by molar-refractivity contribution is -0.123. The number of benzene rings is 2. The van der Waals surface area contributed by atoms with Crippen LogP contribution in [0.5, 0.6) is 11.5 Å². The van der Waals surface area contributed by atoms with Gasteiger partial charge in [-0.25, -0.2) is 0 Å². The van der Waals surface area contributed by atoms with E-state index in [9.17, 15) is 4.79 Å². The molecule has 1 atom stereocenters. The summed E-state index contributed by atoms with van der Waals surface area (Å²) in [6.07, 6.45) is 0. The third-order valence-electron chi connectivity index (χ3n) is 3.75. The Morgan fingerprint density at radius 2 is 1.70 bits per heavy atom. The van der Waals surface area contributed by atoms with Gasteiger partial charge in [0, 0.05) is 0 Å². The van der Waals surface area contributed by atoms with Gasteiger partial charge in [-0.2, -0.15) is 0 Å². The van der Waals surface area contributed by atoms with Crippen molar-refractivity contribution in [3.63, 3.8) is 0 Å². The van der Waals surface area contributed by atoms with E-state index in [1.807, 2.05) is 63.2 Å². The molecule has 0 unspecified atom stereocenters. The van der Waals surface area contributed by atoms with Gasteiger partial charge in [0.15, 0.2) is 6.61 Å². The van der Waals surface area contributed by atoms with Crippen LogP contribution in [0, 0.1) is 13.8 Å². The van der Waals surface area contributed by atoms with E-state index in [0.29, 0.717) is 0 Å². The number of carbonyl (C=O) groups excluding carboxylic acids is 1. The number of nitrogens with one attached hydrogen (secondary N) is 1. The Balaban J connectivity index is 1.91. The van der Waals surface area contributed by atoms with E-state index in [0.717, 1.165) is 28.2 Å². The second kappa shape index (κ2) is 7.68. The fourth-order valence-electron chi connectivity index (χ4n) is 2.42. The highest BCUT2D eigenvalue weighted by molar-refractivity contribution is 5.78. The summed E-state index contributed by atoms with van der Waals surface area (Å²) < 4.78 is 10.8. The van der Waals surface area contributed by atoms with Gasteiger partial charge >= 0.3 is 0 Å². The molecule has 0 saturated heterocycles. The Morgan fingerprint density at radius 3 is 2.26 bits per heavy atom. The number of methoxy groups -OCH3 is 1. The van der Waals surface area contributed by atoms with Gasteiger partial charge < -0.3 is 14.8 Å². The smallest absolute Gasteiger partial charge is 0.258 e. The molecule has 0 aliphatic heterocycles. The molecule has 0 bridgehead atoms. The van der Waals surface area contributed by atoms with E-state index in [4.69, 9.17) is 9.47 Å². The molecule has 4 nitrogen and oxygen atoms in total. The predicted octanol–water partition coefficient (Wildman–Crippen LogP) is 3.57. The van der Waals surface area contributed by atoms with Crippen LogP contribution in [0.15, 0.2) is 42.5 Å². The van der Waals surface area contributed by atoms with E-state index in [1.54, 1.807) is 7.11 Å². The van der Waals surface area contributed by atoms with Crippen LogP contribution in [-0.2, 0) is 4.79 Å². The van der Waals surface area contributed by atoms with Crippen molar-refractivity contribution in [1.29, 1.82) is 0 Å². The standard InChI is InChI=1S/C19H23NO3/c1-13-6-5-7-14(2)19(13)23-12-18(21)20-15(3)16-8-10-17(22-4)11-9-16/h5-11,15H,12H2,1-4H3,(H,20,21)/t15-/m1/s1. The lowest BCUT2D eigenvalue weighted by atomic mass is 10.1. The van der Waals surface area contributed by atoms with E-state index in [1.165, 1.54) is 0 Å². The van der Waals surface area contributed by atoms with Gasteiger partial charge in [-0.1, -0.05) is 30.3 Å². The van der Waals surface area contributed by atoms with E-state index in [-0.39, 0.29) is 18.6 Å². The molecule has 23 heavy (non-hydrogen) atoms. The van der Waals surface area contributed by atoms with Crippen molar-refractivity contribution in [2.75, 3.05) is 13.7 Å². The summed E-state index contributed by atoms with van der Waals surface area (Å²) in [5, 5.41) is 2.94. The molecule has 0 saturated carbocycles. The molecule has 1 N–H and O–H groups in total. The molecule has 0 aliphatic carbocycles. The predicted molar refractivity (Wildman–Crippen MR) is 91.0 cm³/mol. The van der Waals surface area contributed by atoms with Crippen molar-refractivity contribution in [2.24, 2.45) is 0 Å². The average Bonchev–Trinajstić information content (AvgIpc) is 2.54. The number of hydrogen-bond donors (Lipinski definition) is 1. The third-order valence-corrected chi connectivity index (χ3v) is 3.75. The summed E-state index contributed by atoms with van der Waals surface area (Å²) in [4.78, 5) is 12.1. The summed E-state index contributed by atoms with van der Waals surface area (Å²) >= 11 is 0. The minimum Gasteiger partial charge on any atom is -0.497 e. The molecule has 2 rings (SSSR count).